The fourth-order valence-corrected chi connectivity index (χ4v) is 8.22. The van der Waals surface area contributed by atoms with E-state index in [2.05, 4.69) is 176 Å². The van der Waals surface area contributed by atoms with Crippen LogP contribution in [0.25, 0.3) is 81.5 Å². The van der Waals surface area contributed by atoms with E-state index in [1.54, 1.807) is 0 Å². The Kier molecular flexibility index (Phi) is 7.57. The van der Waals surface area contributed by atoms with Crippen LogP contribution in [-0.2, 0) is 0 Å². The summed E-state index contributed by atoms with van der Waals surface area (Å²) in [6, 6.07) is 57.2. The molecule has 0 atom stereocenters. The zero-order valence-corrected chi connectivity index (χ0v) is 27.8. The lowest BCUT2D eigenvalue weighted by Gasteiger charge is -2.13. The lowest BCUT2D eigenvalue weighted by Crippen LogP contribution is -1.95. The van der Waals surface area contributed by atoms with Gasteiger partial charge < -0.3 is 0 Å². The highest BCUT2D eigenvalue weighted by Crippen LogP contribution is 2.41. The van der Waals surface area contributed by atoms with Gasteiger partial charge in [-0.05, 0) is 93.3 Å². The van der Waals surface area contributed by atoms with Crippen molar-refractivity contribution in [1.29, 1.82) is 0 Å². The number of benzene rings is 6. The highest BCUT2D eigenvalue weighted by molar-refractivity contribution is 7.26. The Balaban J connectivity index is 1.04. The van der Waals surface area contributed by atoms with E-state index >= 15 is 0 Å². The maximum atomic E-state index is 5.10. The van der Waals surface area contributed by atoms with Crippen LogP contribution in [0.2, 0.25) is 0 Å². The van der Waals surface area contributed by atoms with Crippen molar-refractivity contribution >= 4 is 37.1 Å². The predicted molar refractivity (Wildman–Crippen MR) is 211 cm³/mol. The summed E-state index contributed by atoms with van der Waals surface area (Å²) >= 11 is 1.88. The first-order chi connectivity index (χ1) is 24.3. The van der Waals surface area contributed by atoms with Gasteiger partial charge in [-0.1, -0.05) is 146 Å². The molecule has 2 heteroatoms. The molecule has 0 amide bonds. The fourth-order valence-electron chi connectivity index (χ4n) is 6.98. The molecule has 9 rings (SSSR count). The van der Waals surface area contributed by atoms with Gasteiger partial charge in [0.2, 0.25) is 0 Å². The molecule has 1 nitrogen and oxygen atoms in total. The first kappa shape index (κ1) is 29.3. The van der Waals surface area contributed by atoms with Gasteiger partial charge in [-0.25, -0.2) is 4.98 Å². The summed E-state index contributed by atoms with van der Waals surface area (Å²) in [5.41, 5.74) is 14.1. The number of hydrogen-bond acceptors (Lipinski definition) is 2. The topological polar surface area (TPSA) is 12.9 Å². The average molecular weight is 644 g/mol. The standard InChI is InChI=1S/C47H33NS/c1-3-12-34(13-4-1)44-30-40(31-45(48-44)35-14-5-2-6-15-35)38-18-9-16-36(28-38)32-24-26-33(27-25-32)37-17-10-19-39(29-37)41-21-11-22-43-42-20-7-8-23-46(42)49-47(41)43/h1,3-5,7-31H,2,6H2. The van der Waals surface area contributed by atoms with Crippen LogP contribution in [0.3, 0.4) is 0 Å². The molecule has 1 aliphatic rings. The van der Waals surface area contributed by atoms with Crippen molar-refractivity contribution in [3.63, 3.8) is 0 Å². The second-order valence-electron chi connectivity index (χ2n) is 12.7. The number of fused-ring (bicyclic) bond motifs is 3. The molecule has 0 unspecified atom stereocenters. The largest absolute Gasteiger partial charge is 0.248 e. The highest BCUT2D eigenvalue weighted by atomic mass is 32.1. The van der Waals surface area contributed by atoms with Crippen LogP contribution < -0.4 is 0 Å². The fraction of sp³-hybridized carbons (Fsp3) is 0.0426. The van der Waals surface area contributed by atoms with Gasteiger partial charge in [0.15, 0.2) is 0 Å². The average Bonchev–Trinajstić information content (AvgIpc) is 3.58. The number of rotatable bonds is 6. The zero-order valence-electron chi connectivity index (χ0n) is 27.0. The first-order valence-electron chi connectivity index (χ1n) is 16.9. The minimum Gasteiger partial charge on any atom is -0.248 e. The maximum absolute atomic E-state index is 5.10. The smallest absolute Gasteiger partial charge is 0.0715 e. The van der Waals surface area contributed by atoms with Crippen molar-refractivity contribution in [3.05, 3.63) is 182 Å². The number of pyridine rings is 1. The van der Waals surface area contributed by atoms with Crippen LogP contribution in [0.15, 0.2) is 176 Å². The summed E-state index contributed by atoms with van der Waals surface area (Å²) in [5.74, 6) is 0. The summed E-state index contributed by atoms with van der Waals surface area (Å²) in [6.07, 6.45) is 8.90. The second kappa shape index (κ2) is 12.6. The van der Waals surface area contributed by atoms with E-state index in [0.717, 1.165) is 29.8 Å². The Bertz CT molecular complexity index is 2530. The van der Waals surface area contributed by atoms with Gasteiger partial charge in [-0.3, -0.25) is 0 Å². The van der Waals surface area contributed by atoms with Crippen molar-refractivity contribution in [2.45, 2.75) is 12.8 Å². The van der Waals surface area contributed by atoms with E-state index in [1.165, 1.54) is 70.3 Å². The van der Waals surface area contributed by atoms with Crippen LogP contribution in [0, 0.1) is 0 Å². The van der Waals surface area contributed by atoms with Crippen LogP contribution in [-0.4, -0.2) is 4.98 Å². The van der Waals surface area contributed by atoms with Crippen molar-refractivity contribution in [2.24, 2.45) is 0 Å². The molecule has 49 heavy (non-hydrogen) atoms. The minimum atomic E-state index is 0.994. The molecule has 0 saturated carbocycles. The molecule has 2 heterocycles. The van der Waals surface area contributed by atoms with Crippen molar-refractivity contribution in [1.82, 2.24) is 4.98 Å². The van der Waals surface area contributed by atoms with Gasteiger partial charge in [-0.2, -0.15) is 0 Å². The third-order valence-electron chi connectivity index (χ3n) is 9.51. The summed E-state index contributed by atoms with van der Waals surface area (Å²) in [5, 5.41) is 2.66. The first-order valence-corrected chi connectivity index (χ1v) is 17.7. The Morgan fingerprint density at radius 3 is 1.80 bits per heavy atom. The molecule has 0 bridgehead atoms. The molecule has 1 aliphatic carbocycles. The van der Waals surface area contributed by atoms with Crippen LogP contribution in [0.5, 0.6) is 0 Å². The Hall–Kier alpha value is -5.83. The normalized spacial score (nSPS) is 12.8. The Morgan fingerprint density at radius 1 is 0.429 bits per heavy atom. The minimum absolute atomic E-state index is 0.994. The van der Waals surface area contributed by atoms with Crippen molar-refractivity contribution < 1.29 is 0 Å². The van der Waals surface area contributed by atoms with Gasteiger partial charge in [-0.15, -0.1) is 11.3 Å². The number of allylic oxidation sites excluding steroid dienone is 4. The third-order valence-corrected chi connectivity index (χ3v) is 10.7. The second-order valence-corrected chi connectivity index (χ2v) is 13.7. The van der Waals surface area contributed by atoms with E-state index in [9.17, 15) is 0 Å². The summed E-state index contributed by atoms with van der Waals surface area (Å²) in [4.78, 5) is 5.10. The van der Waals surface area contributed by atoms with Gasteiger partial charge in [0, 0.05) is 25.7 Å². The van der Waals surface area contributed by atoms with Crippen LogP contribution >= 0.6 is 11.3 Å². The van der Waals surface area contributed by atoms with E-state index in [4.69, 9.17) is 4.98 Å². The molecule has 232 valence electrons. The Labute approximate surface area is 291 Å². The molecule has 8 aromatic rings. The molecule has 0 saturated heterocycles. The molecular weight excluding hydrogens is 611 g/mol. The number of aromatic nitrogens is 1. The molecule has 0 spiro atoms. The van der Waals surface area contributed by atoms with E-state index in [-0.39, 0.29) is 0 Å². The lowest BCUT2D eigenvalue weighted by atomic mass is 9.94. The van der Waals surface area contributed by atoms with E-state index in [1.807, 2.05) is 11.3 Å². The SMILES string of the molecule is C1=CC(c2cc(-c3cccc(-c4ccc(-c5cccc(-c6cccc7c6sc6ccccc67)c5)cc4)c3)cc(-c3ccccc3)n2)=CCC1. The summed E-state index contributed by atoms with van der Waals surface area (Å²) in [6.45, 7) is 0. The Morgan fingerprint density at radius 2 is 1.04 bits per heavy atom. The number of hydrogen-bond donors (Lipinski definition) is 0. The van der Waals surface area contributed by atoms with E-state index < -0.39 is 0 Å². The van der Waals surface area contributed by atoms with Gasteiger partial charge >= 0.3 is 0 Å². The zero-order chi connectivity index (χ0) is 32.6. The van der Waals surface area contributed by atoms with Gasteiger partial charge in [0.05, 0.1) is 11.4 Å². The molecule has 0 fully saturated rings. The number of nitrogens with zero attached hydrogens (tertiary/aromatic N) is 1. The molecule has 0 aliphatic heterocycles. The van der Waals surface area contributed by atoms with Crippen molar-refractivity contribution in [2.75, 3.05) is 0 Å². The van der Waals surface area contributed by atoms with Gasteiger partial charge in [0.1, 0.15) is 0 Å². The van der Waals surface area contributed by atoms with E-state index in [0.29, 0.717) is 0 Å². The van der Waals surface area contributed by atoms with Gasteiger partial charge in [0.25, 0.3) is 0 Å². The molecule has 2 aromatic heterocycles. The maximum Gasteiger partial charge on any atom is 0.0715 e. The monoisotopic (exact) mass is 643 g/mol. The molecule has 6 aromatic carbocycles. The molecule has 0 N–H and O–H groups in total. The van der Waals surface area contributed by atoms with Crippen molar-refractivity contribution in [3.8, 4) is 55.8 Å². The number of thiophene rings is 1. The van der Waals surface area contributed by atoms with Crippen LogP contribution in [0.1, 0.15) is 18.5 Å². The summed E-state index contributed by atoms with van der Waals surface area (Å²) < 4.78 is 2.68. The lowest BCUT2D eigenvalue weighted by molar-refractivity contribution is 1.04. The molecular formula is C47H33NS. The predicted octanol–water partition coefficient (Wildman–Crippen LogP) is 13.5. The third kappa shape index (κ3) is 5.71. The molecule has 0 radical (unpaired) electrons. The highest BCUT2D eigenvalue weighted by Gasteiger charge is 2.13. The quantitative estimate of drug-likeness (QED) is 0.176. The summed E-state index contributed by atoms with van der Waals surface area (Å²) in [7, 11) is 0. The van der Waals surface area contributed by atoms with Crippen LogP contribution in [0.4, 0.5) is 0 Å².